The van der Waals surface area contributed by atoms with Crippen molar-refractivity contribution in [3.05, 3.63) is 83.7 Å². The number of carboxylic acid groups (broad SMARTS) is 1. The van der Waals surface area contributed by atoms with Crippen LogP contribution in [0.1, 0.15) is 48.8 Å². The molecule has 0 saturated heterocycles. The van der Waals surface area contributed by atoms with Crippen LogP contribution in [0.15, 0.2) is 66.9 Å². The van der Waals surface area contributed by atoms with Crippen molar-refractivity contribution in [1.82, 2.24) is 10.3 Å². The van der Waals surface area contributed by atoms with Gasteiger partial charge in [0, 0.05) is 17.2 Å². The van der Waals surface area contributed by atoms with Gasteiger partial charge < -0.3 is 20.0 Å². The Kier molecular flexibility index (Phi) is 7.69. The number of nitrogens with one attached hydrogen (secondary N) is 1. The average molecular weight is 475 g/mol. The van der Waals surface area contributed by atoms with E-state index in [0.29, 0.717) is 35.5 Å². The van der Waals surface area contributed by atoms with Gasteiger partial charge in [0.25, 0.3) is 5.91 Å². The molecule has 182 valence electrons. The SMILES string of the molecule is Cc1ccccc1[C@](C)(NC(=O)c1ncccc1-c1cccc(OCCC(C)(C)C=O)c1)C(=O)O. The molecule has 3 aromatic rings. The molecular weight excluding hydrogens is 444 g/mol. The van der Waals surface area contributed by atoms with Gasteiger partial charge in [0.1, 0.15) is 17.7 Å². The van der Waals surface area contributed by atoms with Gasteiger partial charge in [-0.2, -0.15) is 0 Å². The molecule has 0 radical (unpaired) electrons. The molecule has 1 heterocycles. The van der Waals surface area contributed by atoms with E-state index in [0.717, 1.165) is 11.8 Å². The van der Waals surface area contributed by atoms with Crippen LogP contribution in [0, 0.1) is 12.3 Å². The normalized spacial score (nSPS) is 12.9. The number of aliphatic carboxylic acids is 1. The van der Waals surface area contributed by atoms with Crippen molar-refractivity contribution in [3.63, 3.8) is 0 Å². The zero-order chi connectivity index (χ0) is 25.6. The molecule has 0 bridgehead atoms. The van der Waals surface area contributed by atoms with Gasteiger partial charge in [-0.25, -0.2) is 4.79 Å². The van der Waals surface area contributed by atoms with Crippen LogP contribution in [0.5, 0.6) is 5.75 Å². The van der Waals surface area contributed by atoms with Crippen molar-refractivity contribution in [2.75, 3.05) is 6.61 Å². The maximum Gasteiger partial charge on any atom is 0.333 e. The Morgan fingerprint density at radius 1 is 1.06 bits per heavy atom. The molecule has 7 heteroatoms. The van der Waals surface area contributed by atoms with Crippen LogP contribution in [0.4, 0.5) is 0 Å². The summed E-state index contributed by atoms with van der Waals surface area (Å²) in [6, 6.07) is 17.7. The molecule has 0 unspecified atom stereocenters. The number of carbonyl (C=O) groups is 3. The third kappa shape index (κ3) is 5.93. The molecule has 0 saturated carbocycles. The average Bonchev–Trinajstić information content (AvgIpc) is 2.84. The van der Waals surface area contributed by atoms with Crippen molar-refractivity contribution in [3.8, 4) is 16.9 Å². The summed E-state index contributed by atoms with van der Waals surface area (Å²) in [5.41, 5.74) is 0.471. The number of rotatable bonds is 10. The van der Waals surface area contributed by atoms with Crippen molar-refractivity contribution in [2.24, 2.45) is 5.41 Å². The van der Waals surface area contributed by atoms with Gasteiger partial charge in [0.05, 0.1) is 6.61 Å². The molecule has 0 aliphatic heterocycles. The maximum atomic E-state index is 13.3. The van der Waals surface area contributed by atoms with E-state index in [9.17, 15) is 19.5 Å². The molecule has 1 amide bonds. The van der Waals surface area contributed by atoms with Crippen LogP contribution in [-0.2, 0) is 15.1 Å². The van der Waals surface area contributed by atoms with Crippen LogP contribution in [-0.4, -0.2) is 34.9 Å². The summed E-state index contributed by atoms with van der Waals surface area (Å²) < 4.78 is 5.83. The molecule has 0 aliphatic rings. The first-order valence-electron chi connectivity index (χ1n) is 11.3. The smallest absolute Gasteiger partial charge is 0.333 e. The second kappa shape index (κ2) is 10.5. The molecular formula is C28H30N2O5. The number of pyridine rings is 1. The largest absolute Gasteiger partial charge is 0.494 e. The number of carboxylic acids is 1. The van der Waals surface area contributed by atoms with E-state index in [2.05, 4.69) is 10.3 Å². The van der Waals surface area contributed by atoms with Crippen molar-refractivity contribution < 1.29 is 24.2 Å². The Bertz CT molecular complexity index is 1240. The lowest BCUT2D eigenvalue weighted by Crippen LogP contribution is -2.50. The Hall–Kier alpha value is -4.00. The zero-order valence-corrected chi connectivity index (χ0v) is 20.4. The summed E-state index contributed by atoms with van der Waals surface area (Å²) >= 11 is 0. The standard InChI is InChI=1S/C28H30N2O5/c1-19-9-5-6-13-23(19)28(4,26(33)34)30-25(32)24-22(12-8-15-29-24)20-10-7-11-21(17-20)35-16-14-27(2,3)18-31/h5-13,15,17-18H,14,16H2,1-4H3,(H,30,32)(H,33,34)/t28-/m0/s1. The van der Waals surface area contributed by atoms with E-state index in [1.54, 1.807) is 55.5 Å². The van der Waals surface area contributed by atoms with E-state index < -0.39 is 22.8 Å². The fourth-order valence-electron chi connectivity index (χ4n) is 3.72. The highest BCUT2D eigenvalue weighted by Gasteiger charge is 2.38. The van der Waals surface area contributed by atoms with Crippen molar-refractivity contribution >= 4 is 18.2 Å². The fourth-order valence-corrected chi connectivity index (χ4v) is 3.72. The number of aromatic nitrogens is 1. The molecule has 2 aromatic carbocycles. The zero-order valence-electron chi connectivity index (χ0n) is 20.4. The monoisotopic (exact) mass is 474 g/mol. The number of hydrogen-bond acceptors (Lipinski definition) is 5. The molecule has 0 fully saturated rings. The summed E-state index contributed by atoms with van der Waals surface area (Å²) in [7, 11) is 0. The second-order valence-corrected chi connectivity index (χ2v) is 9.33. The summed E-state index contributed by atoms with van der Waals surface area (Å²) in [5, 5.41) is 12.7. The van der Waals surface area contributed by atoms with Crippen molar-refractivity contribution in [1.29, 1.82) is 0 Å². The van der Waals surface area contributed by atoms with Gasteiger partial charge in [-0.05, 0) is 55.2 Å². The molecule has 0 aliphatic carbocycles. The fraction of sp³-hybridized carbons (Fsp3) is 0.286. The van der Waals surface area contributed by atoms with Crippen LogP contribution in [0.25, 0.3) is 11.1 Å². The molecule has 35 heavy (non-hydrogen) atoms. The van der Waals surface area contributed by atoms with Gasteiger partial charge in [0.2, 0.25) is 0 Å². The topological polar surface area (TPSA) is 106 Å². The Morgan fingerprint density at radius 3 is 2.49 bits per heavy atom. The summed E-state index contributed by atoms with van der Waals surface area (Å²) in [6.45, 7) is 7.33. The van der Waals surface area contributed by atoms with E-state index in [4.69, 9.17) is 4.74 Å². The molecule has 2 N–H and O–H groups in total. The first-order chi connectivity index (χ1) is 16.6. The molecule has 1 atom stereocenters. The van der Waals surface area contributed by atoms with Gasteiger partial charge >= 0.3 is 5.97 Å². The molecule has 3 rings (SSSR count). The molecule has 7 nitrogen and oxygen atoms in total. The number of aldehydes is 1. The minimum Gasteiger partial charge on any atom is -0.494 e. The Labute approximate surface area is 205 Å². The number of hydrogen-bond donors (Lipinski definition) is 2. The van der Waals surface area contributed by atoms with Crippen LogP contribution in [0.2, 0.25) is 0 Å². The molecule has 1 aromatic heterocycles. The number of amides is 1. The quantitative estimate of drug-likeness (QED) is 0.410. The molecule has 0 spiro atoms. The lowest BCUT2D eigenvalue weighted by atomic mass is 9.88. The van der Waals surface area contributed by atoms with Gasteiger partial charge in [-0.1, -0.05) is 56.3 Å². The predicted molar refractivity (Wildman–Crippen MR) is 133 cm³/mol. The number of carbonyl (C=O) groups excluding carboxylic acids is 2. The summed E-state index contributed by atoms with van der Waals surface area (Å²) in [5.74, 6) is -1.19. The van der Waals surface area contributed by atoms with E-state index in [1.165, 1.54) is 13.1 Å². The van der Waals surface area contributed by atoms with Gasteiger partial charge in [-0.3, -0.25) is 9.78 Å². The van der Waals surface area contributed by atoms with Gasteiger partial charge in [-0.15, -0.1) is 0 Å². The summed E-state index contributed by atoms with van der Waals surface area (Å²) in [4.78, 5) is 41.0. The Balaban J connectivity index is 1.89. The minimum atomic E-state index is -1.65. The third-order valence-corrected chi connectivity index (χ3v) is 5.98. The van der Waals surface area contributed by atoms with E-state index in [1.807, 2.05) is 26.0 Å². The third-order valence-electron chi connectivity index (χ3n) is 5.98. The lowest BCUT2D eigenvalue weighted by Gasteiger charge is -2.28. The van der Waals surface area contributed by atoms with Crippen LogP contribution < -0.4 is 10.1 Å². The van der Waals surface area contributed by atoms with Gasteiger partial charge in [0.15, 0.2) is 5.54 Å². The first kappa shape index (κ1) is 25.6. The predicted octanol–water partition coefficient (Wildman–Crippen LogP) is 4.78. The van der Waals surface area contributed by atoms with E-state index >= 15 is 0 Å². The maximum absolute atomic E-state index is 13.3. The minimum absolute atomic E-state index is 0.104. The second-order valence-electron chi connectivity index (χ2n) is 9.33. The number of benzene rings is 2. The number of nitrogens with zero attached hydrogens (tertiary/aromatic N) is 1. The first-order valence-corrected chi connectivity index (χ1v) is 11.3. The Morgan fingerprint density at radius 2 is 1.80 bits per heavy atom. The van der Waals surface area contributed by atoms with E-state index in [-0.39, 0.29) is 5.69 Å². The number of ether oxygens (including phenoxy) is 1. The summed E-state index contributed by atoms with van der Waals surface area (Å²) in [6.07, 6.45) is 2.97. The van der Waals surface area contributed by atoms with Crippen LogP contribution >= 0.6 is 0 Å². The lowest BCUT2D eigenvalue weighted by molar-refractivity contribution is -0.144. The highest BCUT2D eigenvalue weighted by molar-refractivity contribution is 6.01. The van der Waals surface area contributed by atoms with Crippen molar-refractivity contribution in [2.45, 2.75) is 39.7 Å². The highest BCUT2D eigenvalue weighted by atomic mass is 16.5. The number of aryl methyl sites for hydroxylation is 1. The highest BCUT2D eigenvalue weighted by Crippen LogP contribution is 2.29. The van der Waals surface area contributed by atoms with Crippen LogP contribution in [0.3, 0.4) is 0 Å².